The number of piperidine rings is 1. The Morgan fingerprint density at radius 1 is 1.12 bits per heavy atom. The van der Waals surface area contributed by atoms with Gasteiger partial charge < -0.3 is 26.2 Å². The number of amides is 1. The molecule has 3 atom stereocenters. The first kappa shape index (κ1) is 19.4. The van der Waals surface area contributed by atoms with Crippen LogP contribution in [0.3, 0.4) is 0 Å². The van der Waals surface area contributed by atoms with Crippen LogP contribution in [0.2, 0.25) is 0 Å². The molecule has 4 rings (SSSR count). The average molecular weight is 437 g/mol. The summed E-state index contributed by atoms with van der Waals surface area (Å²) in [5, 5.41) is 5.00. The van der Waals surface area contributed by atoms with Crippen molar-refractivity contribution >= 4 is 23.1 Å². The molecule has 1 aromatic heterocycles. The van der Waals surface area contributed by atoms with Crippen LogP contribution in [-0.2, 0) is 4.74 Å². The maximum atomic E-state index is 12.5. The molecule has 2 bridgehead atoms. The molecule has 0 saturated carbocycles. The van der Waals surface area contributed by atoms with E-state index in [0.29, 0.717) is 12.1 Å². The van der Waals surface area contributed by atoms with Gasteiger partial charge in [-0.3, -0.25) is 5.32 Å². The van der Waals surface area contributed by atoms with Crippen LogP contribution in [0.1, 0.15) is 25.7 Å². The molecule has 2 aliphatic heterocycles. The summed E-state index contributed by atoms with van der Waals surface area (Å²) < 4.78 is 6.87. The number of para-hydroxylation sites is 1. The minimum absolute atomic E-state index is 0. The first-order chi connectivity index (χ1) is 12.0. The van der Waals surface area contributed by atoms with Crippen molar-refractivity contribution in [2.75, 3.05) is 19.4 Å². The fraction of sp³-hybridized carbons (Fsp3) is 0.450. The molecule has 2 saturated heterocycles. The van der Waals surface area contributed by atoms with E-state index in [1.165, 1.54) is 12.8 Å². The van der Waals surface area contributed by atoms with Crippen LogP contribution in [0.25, 0.3) is 10.4 Å². The number of hydrogen-bond acceptors (Lipinski definition) is 3. The highest BCUT2D eigenvalue weighted by atomic mass is 79.9. The fourth-order valence-corrected chi connectivity index (χ4v) is 5.22. The lowest BCUT2D eigenvalue weighted by atomic mass is 9.98. The van der Waals surface area contributed by atoms with E-state index < -0.39 is 0 Å². The van der Waals surface area contributed by atoms with Gasteiger partial charge in [-0.05, 0) is 17.5 Å². The second-order valence-electron chi connectivity index (χ2n) is 7.66. The predicted octanol–water partition coefficient (Wildman–Crippen LogP) is 1.74. The topological polar surface area (TPSA) is 38.3 Å². The molecule has 0 spiro atoms. The van der Waals surface area contributed by atoms with Gasteiger partial charge in [0.05, 0.1) is 31.9 Å². The molecule has 1 aromatic carbocycles. The maximum absolute atomic E-state index is 12.5. The Morgan fingerprint density at radius 2 is 1.81 bits per heavy atom. The molecular formula is C20H25BrN2O2S. The minimum Gasteiger partial charge on any atom is -1.00 e. The van der Waals surface area contributed by atoms with Crippen molar-refractivity contribution in [3.63, 3.8) is 0 Å². The van der Waals surface area contributed by atoms with E-state index >= 15 is 0 Å². The summed E-state index contributed by atoms with van der Waals surface area (Å²) in [4.78, 5) is 13.6. The number of nitrogens with one attached hydrogen (secondary N) is 1. The summed E-state index contributed by atoms with van der Waals surface area (Å²) in [5.74, 6) is 0. The van der Waals surface area contributed by atoms with Gasteiger partial charge in [0, 0.05) is 36.1 Å². The standard InChI is InChI=1S/C20H24N2O2S.BrH/c1-22(2)14-9-10-15(22)13-16(12-14)24-20(23)21-18-7-4-3-6-17(18)19-8-5-11-25-19;/h3-8,11,14-16H,9-10,12-13H2,1-2H3;1H/t14-,15+,16?;. The van der Waals surface area contributed by atoms with Crippen LogP contribution in [0.4, 0.5) is 10.5 Å². The SMILES string of the molecule is C[N+]1(C)[C@@H]2CC[C@H]1CC(OC(=O)Nc1ccccc1-c1cccs1)C2.[Br-]. The molecule has 1 unspecified atom stereocenters. The van der Waals surface area contributed by atoms with Gasteiger partial charge >= 0.3 is 6.09 Å². The van der Waals surface area contributed by atoms with Gasteiger partial charge in [-0.25, -0.2) is 4.79 Å². The molecule has 0 aliphatic carbocycles. The Hall–Kier alpha value is -1.37. The van der Waals surface area contributed by atoms with Gasteiger partial charge in [0.25, 0.3) is 0 Å². The number of anilines is 1. The second kappa shape index (κ2) is 7.71. The third-order valence-electron chi connectivity index (χ3n) is 6.01. The largest absolute Gasteiger partial charge is 1.00 e. The lowest BCUT2D eigenvalue weighted by Crippen LogP contribution is -3.00. The second-order valence-corrected chi connectivity index (χ2v) is 8.61. The highest BCUT2D eigenvalue weighted by Crippen LogP contribution is 2.40. The number of thiophene rings is 1. The highest BCUT2D eigenvalue weighted by molar-refractivity contribution is 7.13. The Morgan fingerprint density at radius 3 is 2.46 bits per heavy atom. The number of ether oxygens (including phenoxy) is 1. The monoisotopic (exact) mass is 436 g/mol. The molecule has 4 nitrogen and oxygen atoms in total. The number of fused-ring (bicyclic) bond motifs is 2. The molecule has 2 aliphatic rings. The van der Waals surface area contributed by atoms with Crippen LogP contribution >= 0.6 is 11.3 Å². The highest BCUT2D eigenvalue weighted by Gasteiger charge is 2.49. The molecule has 3 heterocycles. The van der Waals surface area contributed by atoms with Gasteiger partial charge in [-0.1, -0.05) is 24.3 Å². The first-order valence-corrected chi connectivity index (χ1v) is 9.86. The molecule has 1 N–H and O–H groups in total. The zero-order valence-electron chi connectivity index (χ0n) is 15.2. The average Bonchev–Trinajstić information content (AvgIpc) is 3.12. The molecule has 0 radical (unpaired) electrons. The molecule has 1 amide bonds. The summed E-state index contributed by atoms with van der Waals surface area (Å²) in [7, 11) is 4.63. The lowest BCUT2D eigenvalue weighted by Gasteiger charge is -2.43. The number of nitrogens with zero attached hydrogens (tertiary/aromatic N) is 1. The van der Waals surface area contributed by atoms with Gasteiger partial charge in [0.1, 0.15) is 6.10 Å². The number of halogens is 1. The van der Waals surface area contributed by atoms with Crippen LogP contribution in [0.5, 0.6) is 0 Å². The molecule has 6 heteroatoms. The van der Waals surface area contributed by atoms with Crippen LogP contribution < -0.4 is 22.3 Å². The Bertz CT molecular complexity index is 747. The summed E-state index contributed by atoms with van der Waals surface area (Å²) in [6.45, 7) is 0. The van der Waals surface area contributed by atoms with E-state index in [-0.39, 0.29) is 29.2 Å². The van der Waals surface area contributed by atoms with Crippen molar-refractivity contribution in [2.24, 2.45) is 0 Å². The summed E-state index contributed by atoms with van der Waals surface area (Å²) in [6, 6.07) is 13.2. The van der Waals surface area contributed by atoms with E-state index in [2.05, 4.69) is 25.5 Å². The van der Waals surface area contributed by atoms with Crippen LogP contribution in [0, 0.1) is 0 Å². The lowest BCUT2D eigenvalue weighted by molar-refractivity contribution is -0.931. The van der Waals surface area contributed by atoms with E-state index in [9.17, 15) is 4.79 Å². The van der Waals surface area contributed by atoms with Crippen molar-refractivity contribution in [1.29, 1.82) is 0 Å². The number of benzene rings is 1. The smallest absolute Gasteiger partial charge is 0.411 e. The van der Waals surface area contributed by atoms with Gasteiger partial charge in [-0.15, -0.1) is 11.3 Å². The quantitative estimate of drug-likeness (QED) is 0.744. The molecule has 2 fully saturated rings. The van der Waals surface area contributed by atoms with E-state index in [1.54, 1.807) is 11.3 Å². The van der Waals surface area contributed by atoms with Crippen LogP contribution in [0.15, 0.2) is 41.8 Å². The Labute approximate surface area is 169 Å². The fourth-order valence-electron chi connectivity index (χ4n) is 4.46. The van der Waals surface area contributed by atoms with Crippen LogP contribution in [-0.4, -0.2) is 42.9 Å². The third-order valence-corrected chi connectivity index (χ3v) is 6.91. The zero-order chi connectivity index (χ0) is 17.4. The number of hydrogen-bond donors (Lipinski definition) is 1. The van der Waals surface area contributed by atoms with Crippen molar-refractivity contribution in [3.05, 3.63) is 41.8 Å². The zero-order valence-corrected chi connectivity index (χ0v) is 17.6. The molecule has 26 heavy (non-hydrogen) atoms. The molecule has 2 aromatic rings. The van der Waals surface area contributed by atoms with Gasteiger partial charge in [-0.2, -0.15) is 0 Å². The minimum atomic E-state index is -0.333. The normalized spacial score (nSPS) is 26.0. The van der Waals surface area contributed by atoms with E-state index in [4.69, 9.17) is 4.74 Å². The maximum Gasteiger partial charge on any atom is 0.411 e. The van der Waals surface area contributed by atoms with E-state index in [0.717, 1.165) is 33.5 Å². The number of carbonyl (C=O) groups excluding carboxylic acids is 1. The summed E-state index contributed by atoms with van der Waals surface area (Å²) in [6.07, 6.45) is 4.16. The van der Waals surface area contributed by atoms with Crippen molar-refractivity contribution in [1.82, 2.24) is 0 Å². The summed E-state index contributed by atoms with van der Waals surface area (Å²) in [5.41, 5.74) is 1.85. The third kappa shape index (κ3) is 3.68. The Kier molecular flexibility index (Phi) is 5.75. The van der Waals surface area contributed by atoms with Crippen molar-refractivity contribution in [3.8, 4) is 10.4 Å². The Balaban J connectivity index is 0.00000196. The summed E-state index contributed by atoms with van der Waals surface area (Å²) >= 11 is 1.67. The number of rotatable bonds is 3. The van der Waals surface area contributed by atoms with E-state index in [1.807, 2.05) is 35.7 Å². The number of quaternary nitrogens is 1. The van der Waals surface area contributed by atoms with Gasteiger partial charge in [0.15, 0.2) is 0 Å². The van der Waals surface area contributed by atoms with Gasteiger partial charge in [0.2, 0.25) is 0 Å². The predicted molar refractivity (Wildman–Crippen MR) is 102 cm³/mol. The van der Waals surface area contributed by atoms with Crippen molar-refractivity contribution < 1.29 is 31.0 Å². The first-order valence-electron chi connectivity index (χ1n) is 8.98. The molecule has 140 valence electrons. The number of carbonyl (C=O) groups is 1. The van der Waals surface area contributed by atoms with Crippen molar-refractivity contribution in [2.45, 2.75) is 43.9 Å². The molecular weight excluding hydrogens is 412 g/mol.